The fraction of sp³-hybridized carbons (Fsp3) is 0.467. The summed E-state index contributed by atoms with van der Waals surface area (Å²) in [4.78, 5) is 12.8. The smallest absolute Gasteiger partial charge is 0.252 e. The van der Waals surface area contributed by atoms with E-state index in [-0.39, 0.29) is 5.91 Å². The number of hydrogen-bond acceptors (Lipinski definition) is 2. The lowest BCUT2D eigenvalue weighted by Crippen LogP contribution is -2.56. The molecule has 1 aliphatic rings. The molecule has 0 atom stereocenters. The van der Waals surface area contributed by atoms with Gasteiger partial charge in [-0.05, 0) is 37.1 Å². The molecule has 0 unspecified atom stereocenters. The number of halogens is 1. The van der Waals surface area contributed by atoms with Gasteiger partial charge >= 0.3 is 0 Å². The molecule has 3 N–H and O–H groups in total. The second-order valence-electron chi connectivity index (χ2n) is 5.32. The van der Waals surface area contributed by atoms with Gasteiger partial charge in [-0.25, -0.2) is 0 Å². The molecule has 0 aromatic heterocycles. The van der Waals surface area contributed by atoms with E-state index in [9.17, 15) is 4.79 Å². The number of carbonyl (C=O) groups is 1. The van der Waals surface area contributed by atoms with Crippen LogP contribution in [0.3, 0.4) is 0 Å². The molecule has 3 nitrogen and oxygen atoms in total. The number of hydrogen-bond donors (Lipinski definition) is 2. The Balaban J connectivity index is 2.17. The Kier molecular flexibility index (Phi) is 5.00. The molecule has 108 valence electrons. The maximum atomic E-state index is 12.4. The second-order valence-corrected chi connectivity index (χ2v) is 6.20. The molecule has 0 saturated heterocycles. The Hall–Kier alpha value is -1.13. The summed E-state index contributed by atoms with van der Waals surface area (Å²) in [6.07, 6.45) is 6.06. The maximum Gasteiger partial charge on any atom is 0.252 e. The van der Waals surface area contributed by atoms with Gasteiger partial charge in [0.1, 0.15) is 0 Å². The minimum absolute atomic E-state index is 0.142. The van der Waals surface area contributed by atoms with E-state index in [4.69, 9.17) is 29.6 Å². The third kappa shape index (κ3) is 3.49. The summed E-state index contributed by atoms with van der Waals surface area (Å²) < 4.78 is 0. The summed E-state index contributed by atoms with van der Waals surface area (Å²) in [6, 6.07) is 6.83. The largest absolute Gasteiger partial charge is 0.391 e. The molecule has 20 heavy (non-hydrogen) atoms. The van der Waals surface area contributed by atoms with Crippen LogP contribution in [0, 0.1) is 0 Å². The minimum Gasteiger partial charge on any atom is -0.391 e. The van der Waals surface area contributed by atoms with Crippen LogP contribution in [0.2, 0.25) is 5.02 Å². The number of benzene rings is 1. The molecule has 1 saturated carbocycles. The van der Waals surface area contributed by atoms with Crippen molar-refractivity contribution >= 4 is 34.7 Å². The van der Waals surface area contributed by atoms with Crippen molar-refractivity contribution in [2.24, 2.45) is 5.73 Å². The highest BCUT2D eigenvalue weighted by molar-refractivity contribution is 7.80. The van der Waals surface area contributed by atoms with Crippen molar-refractivity contribution in [3.63, 3.8) is 0 Å². The number of carbonyl (C=O) groups excluding carboxylic acids is 1. The van der Waals surface area contributed by atoms with Crippen LogP contribution in [0.4, 0.5) is 0 Å². The lowest BCUT2D eigenvalue weighted by atomic mass is 9.89. The molecule has 1 aromatic carbocycles. The Morgan fingerprint density at radius 2 is 1.70 bits per heavy atom. The topological polar surface area (TPSA) is 55.1 Å². The number of nitrogens with two attached hydrogens (primary N) is 1. The van der Waals surface area contributed by atoms with Gasteiger partial charge in [0.25, 0.3) is 5.91 Å². The molecule has 1 amide bonds. The summed E-state index contributed by atoms with van der Waals surface area (Å²) in [5.41, 5.74) is 5.96. The first-order valence-electron chi connectivity index (χ1n) is 6.91. The first kappa shape index (κ1) is 15.3. The van der Waals surface area contributed by atoms with Crippen molar-refractivity contribution in [3.05, 3.63) is 34.9 Å². The zero-order valence-corrected chi connectivity index (χ0v) is 12.9. The molecule has 0 radical (unpaired) electrons. The first-order valence-corrected chi connectivity index (χ1v) is 7.70. The number of thiocarbonyl (C=S) groups is 1. The van der Waals surface area contributed by atoms with Crippen molar-refractivity contribution in [2.45, 2.75) is 44.1 Å². The number of nitrogens with one attached hydrogen (secondary N) is 1. The molecule has 5 heteroatoms. The fourth-order valence-electron chi connectivity index (χ4n) is 2.66. The zero-order valence-electron chi connectivity index (χ0n) is 11.3. The Morgan fingerprint density at radius 1 is 1.15 bits per heavy atom. The molecule has 2 rings (SSSR count). The highest BCUT2D eigenvalue weighted by Gasteiger charge is 2.35. The summed E-state index contributed by atoms with van der Waals surface area (Å²) >= 11 is 11.1. The van der Waals surface area contributed by atoms with Gasteiger partial charge in [-0.2, -0.15) is 0 Å². The molecule has 0 spiro atoms. The lowest BCUT2D eigenvalue weighted by Gasteiger charge is -2.33. The van der Waals surface area contributed by atoms with Gasteiger partial charge in [-0.15, -0.1) is 0 Å². The van der Waals surface area contributed by atoms with Crippen LogP contribution in [0.25, 0.3) is 0 Å². The van der Waals surface area contributed by atoms with Crippen LogP contribution in [-0.4, -0.2) is 16.4 Å². The van der Waals surface area contributed by atoms with E-state index in [1.807, 2.05) is 0 Å². The van der Waals surface area contributed by atoms with Crippen LogP contribution in [-0.2, 0) is 0 Å². The molecule has 0 heterocycles. The average molecular weight is 311 g/mol. The van der Waals surface area contributed by atoms with Crippen LogP contribution in [0.5, 0.6) is 0 Å². The van der Waals surface area contributed by atoms with Gasteiger partial charge in [0.2, 0.25) is 0 Å². The SMILES string of the molecule is NC(=S)C1(NC(=O)c2ccc(Cl)cc2)CCCCCC1. The summed E-state index contributed by atoms with van der Waals surface area (Å²) in [5, 5.41) is 3.67. The standard InChI is InChI=1S/C15H19ClN2OS/c16-12-7-5-11(6-8-12)13(19)18-15(14(17)20)9-3-1-2-4-10-15/h5-8H,1-4,9-10H2,(H2,17,20)(H,18,19). The van der Waals surface area contributed by atoms with E-state index in [1.54, 1.807) is 24.3 Å². The van der Waals surface area contributed by atoms with E-state index >= 15 is 0 Å². The van der Waals surface area contributed by atoms with Crippen LogP contribution >= 0.6 is 23.8 Å². The highest BCUT2D eigenvalue weighted by atomic mass is 35.5. The van der Waals surface area contributed by atoms with Crippen LogP contribution < -0.4 is 11.1 Å². The van der Waals surface area contributed by atoms with Gasteiger partial charge < -0.3 is 11.1 Å². The van der Waals surface area contributed by atoms with E-state index in [0.29, 0.717) is 15.6 Å². The van der Waals surface area contributed by atoms with Crippen molar-refractivity contribution in [3.8, 4) is 0 Å². The summed E-state index contributed by atoms with van der Waals surface area (Å²) in [7, 11) is 0. The Bertz CT molecular complexity index is 493. The van der Waals surface area contributed by atoms with Crippen molar-refractivity contribution in [1.82, 2.24) is 5.32 Å². The normalized spacial score (nSPS) is 18.1. The van der Waals surface area contributed by atoms with Gasteiger partial charge in [-0.3, -0.25) is 4.79 Å². The molecule has 0 aliphatic heterocycles. The molecular formula is C15H19ClN2OS. The van der Waals surface area contributed by atoms with Crippen LogP contribution in [0.15, 0.2) is 24.3 Å². The van der Waals surface area contributed by atoms with Crippen molar-refractivity contribution in [2.75, 3.05) is 0 Å². The van der Waals surface area contributed by atoms with Crippen LogP contribution in [0.1, 0.15) is 48.9 Å². The van der Waals surface area contributed by atoms with Gasteiger partial charge in [0.05, 0.1) is 10.5 Å². The predicted molar refractivity (Wildman–Crippen MR) is 86.1 cm³/mol. The summed E-state index contributed by atoms with van der Waals surface area (Å²) in [5.74, 6) is -0.142. The quantitative estimate of drug-likeness (QED) is 0.664. The van der Waals surface area contributed by atoms with Crippen molar-refractivity contribution in [1.29, 1.82) is 0 Å². The highest BCUT2D eigenvalue weighted by Crippen LogP contribution is 2.28. The van der Waals surface area contributed by atoms with Gasteiger partial charge in [0.15, 0.2) is 0 Å². The van der Waals surface area contributed by atoms with Gasteiger partial charge in [-0.1, -0.05) is 49.5 Å². The third-order valence-corrected chi connectivity index (χ3v) is 4.53. The van der Waals surface area contributed by atoms with E-state index in [0.717, 1.165) is 25.7 Å². The number of amides is 1. The van der Waals surface area contributed by atoms with Crippen molar-refractivity contribution < 1.29 is 4.79 Å². The number of rotatable bonds is 3. The molecular weight excluding hydrogens is 292 g/mol. The van der Waals surface area contributed by atoms with E-state index in [2.05, 4.69) is 5.32 Å². The van der Waals surface area contributed by atoms with E-state index in [1.165, 1.54) is 12.8 Å². The Morgan fingerprint density at radius 3 is 2.20 bits per heavy atom. The fourth-order valence-corrected chi connectivity index (χ4v) is 3.04. The average Bonchev–Trinajstić information content (AvgIpc) is 2.66. The molecule has 1 fully saturated rings. The molecule has 1 aromatic rings. The predicted octanol–water partition coefficient (Wildman–Crippen LogP) is 3.45. The van der Waals surface area contributed by atoms with E-state index < -0.39 is 5.54 Å². The van der Waals surface area contributed by atoms with Gasteiger partial charge in [0, 0.05) is 10.6 Å². The Labute approximate surface area is 129 Å². The summed E-state index contributed by atoms with van der Waals surface area (Å²) in [6.45, 7) is 0. The second kappa shape index (κ2) is 6.55. The maximum absolute atomic E-state index is 12.4. The lowest BCUT2D eigenvalue weighted by molar-refractivity contribution is 0.0917. The molecule has 1 aliphatic carbocycles. The first-order chi connectivity index (χ1) is 9.53. The third-order valence-electron chi connectivity index (χ3n) is 3.89. The minimum atomic E-state index is -0.539. The zero-order chi connectivity index (χ0) is 14.6. The monoisotopic (exact) mass is 310 g/mol. The molecule has 0 bridgehead atoms.